The lowest BCUT2D eigenvalue weighted by atomic mass is 9.96. The van der Waals surface area contributed by atoms with Gasteiger partial charge < -0.3 is 10.1 Å². The number of pyridine rings is 1. The first-order valence-electron chi connectivity index (χ1n) is 8.81. The maximum atomic E-state index is 14.2. The van der Waals surface area contributed by atoms with Crippen molar-refractivity contribution in [1.29, 1.82) is 0 Å². The highest BCUT2D eigenvalue weighted by Gasteiger charge is 2.20. The van der Waals surface area contributed by atoms with Crippen molar-refractivity contribution < 1.29 is 19.1 Å². The third-order valence-corrected chi connectivity index (χ3v) is 4.55. The second-order valence-electron chi connectivity index (χ2n) is 6.39. The highest BCUT2D eigenvalue weighted by Crippen LogP contribution is 2.32. The van der Waals surface area contributed by atoms with E-state index < -0.39 is 17.6 Å². The minimum absolute atomic E-state index is 0.0126. The van der Waals surface area contributed by atoms with Gasteiger partial charge in [0.15, 0.2) is 5.78 Å². The van der Waals surface area contributed by atoms with Gasteiger partial charge in [0.2, 0.25) is 0 Å². The molecule has 0 fully saturated rings. The van der Waals surface area contributed by atoms with Gasteiger partial charge in [0.25, 0.3) is 0 Å². The molecule has 5 nitrogen and oxygen atoms in total. The zero-order valence-corrected chi connectivity index (χ0v) is 15.1. The molecule has 4 aromatic rings. The number of aromatic amines is 1. The van der Waals surface area contributed by atoms with Crippen LogP contribution in [0.15, 0.2) is 73.1 Å². The molecule has 2 N–H and O–H groups in total. The number of nitrogens with zero attached hydrogens (tertiary/aromatic N) is 1. The summed E-state index contributed by atoms with van der Waals surface area (Å²) in [7, 11) is 0. The van der Waals surface area contributed by atoms with E-state index >= 15 is 0 Å². The third-order valence-electron chi connectivity index (χ3n) is 4.55. The van der Waals surface area contributed by atoms with Gasteiger partial charge >= 0.3 is 5.97 Å². The van der Waals surface area contributed by atoms with Gasteiger partial charge in [-0.2, -0.15) is 0 Å². The van der Waals surface area contributed by atoms with E-state index in [-0.39, 0.29) is 5.56 Å². The molecule has 0 saturated carbocycles. The molecule has 29 heavy (non-hydrogen) atoms. The zero-order valence-electron chi connectivity index (χ0n) is 15.1. The summed E-state index contributed by atoms with van der Waals surface area (Å²) in [5.74, 6) is -2.06. The van der Waals surface area contributed by atoms with Crippen LogP contribution in [-0.4, -0.2) is 26.8 Å². The van der Waals surface area contributed by atoms with E-state index in [0.29, 0.717) is 22.2 Å². The van der Waals surface area contributed by atoms with Crippen LogP contribution in [0.3, 0.4) is 0 Å². The Morgan fingerprint density at radius 3 is 2.66 bits per heavy atom. The fourth-order valence-corrected chi connectivity index (χ4v) is 3.24. The van der Waals surface area contributed by atoms with Gasteiger partial charge in [0, 0.05) is 23.9 Å². The number of carbonyl (C=O) groups is 2. The van der Waals surface area contributed by atoms with Crippen molar-refractivity contribution >= 4 is 28.9 Å². The van der Waals surface area contributed by atoms with Crippen molar-refractivity contribution in [2.45, 2.75) is 0 Å². The first-order chi connectivity index (χ1) is 14.0. The predicted octanol–water partition coefficient (Wildman–Crippen LogP) is 4.70. The number of benzene rings is 2. The van der Waals surface area contributed by atoms with Gasteiger partial charge in [0.05, 0.1) is 11.1 Å². The van der Waals surface area contributed by atoms with Crippen LogP contribution in [0.25, 0.3) is 28.2 Å². The normalized spacial score (nSPS) is 11.2. The van der Waals surface area contributed by atoms with E-state index in [0.717, 1.165) is 17.2 Å². The Morgan fingerprint density at radius 2 is 1.86 bits per heavy atom. The van der Waals surface area contributed by atoms with E-state index in [2.05, 4.69) is 9.97 Å². The van der Waals surface area contributed by atoms with Crippen LogP contribution in [0.2, 0.25) is 0 Å². The quantitative estimate of drug-likeness (QED) is 0.385. The van der Waals surface area contributed by atoms with Gasteiger partial charge in [-0.3, -0.25) is 4.79 Å². The molecule has 2 heterocycles. The van der Waals surface area contributed by atoms with Crippen LogP contribution in [0.1, 0.15) is 21.5 Å². The van der Waals surface area contributed by atoms with Crippen molar-refractivity contribution in [3.63, 3.8) is 0 Å². The molecular formula is C23H15FN2O3. The summed E-state index contributed by atoms with van der Waals surface area (Å²) in [4.78, 5) is 31.0. The number of fused-ring (bicyclic) bond motifs is 1. The topological polar surface area (TPSA) is 83.0 Å². The molecule has 0 aliphatic carbocycles. The van der Waals surface area contributed by atoms with Crippen molar-refractivity contribution in [3.05, 3.63) is 95.6 Å². The molecule has 0 amide bonds. The number of carboxylic acids is 1. The highest BCUT2D eigenvalue weighted by atomic mass is 19.1. The number of carbonyl (C=O) groups excluding carboxylic acids is 1. The van der Waals surface area contributed by atoms with Gasteiger partial charge in [-0.05, 0) is 47.0 Å². The summed E-state index contributed by atoms with van der Waals surface area (Å²) >= 11 is 0. The fourth-order valence-electron chi connectivity index (χ4n) is 3.24. The average Bonchev–Trinajstić information content (AvgIpc) is 3.16. The average molecular weight is 386 g/mol. The van der Waals surface area contributed by atoms with E-state index in [4.69, 9.17) is 5.11 Å². The molecular weight excluding hydrogens is 371 g/mol. The first-order valence-corrected chi connectivity index (χ1v) is 8.81. The SMILES string of the molecule is O=C(O)/C=C/c1cccc(-c2ccnc3[nH]cc(C(=O)c4ccccc4F)c23)c1. The molecule has 4 rings (SSSR count). The molecule has 2 aromatic heterocycles. The Hall–Kier alpha value is -4.06. The number of carboxylic acid groups (broad SMARTS) is 1. The number of aromatic nitrogens is 2. The third kappa shape index (κ3) is 3.55. The van der Waals surface area contributed by atoms with Gasteiger partial charge in [-0.25, -0.2) is 14.2 Å². The number of H-pyrrole nitrogens is 1. The summed E-state index contributed by atoms with van der Waals surface area (Å²) in [5, 5.41) is 9.42. The van der Waals surface area contributed by atoms with Crippen molar-refractivity contribution in [3.8, 4) is 11.1 Å². The smallest absolute Gasteiger partial charge is 0.328 e. The van der Waals surface area contributed by atoms with Crippen LogP contribution >= 0.6 is 0 Å². The van der Waals surface area contributed by atoms with E-state index in [9.17, 15) is 14.0 Å². The molecule has 6 heteroatoms. The Balaban J connectivity index is 1.86. The number of nitrogens with one attached hydrogen (secondary N) is 1. The number of aliphatic carboxylic acids is 1. The lowest BCUT2D eigenvalue weighted by Gasteiger charge is -2.07. The van der Waals surface area contributed by atoms with E-state index in [1.807, 2.05) is 12.1 Å². The Bertz CT molecular complexity index is 1270. The molecule has 0 aliphatic heterocycles. The van der Waals surface area contributed by atoms with Crippen molar-refractivity contribution in [2.75, 3.05) is 0 Å². The van der Waals surface area contributed by atoms with Crippen LogP contribution < -0.4 is 0 Å². The lowest BCUT2D eigenvalue weighted by Crippen LogP contribution is -2.03. The second-order valence-corrected chi connectivity index (χ2v) is 6.39. The zero-order chi connectivity index (χ0) is 20.4. The van der Waals surface area contributed by atoms with Gasteiger partial charge in [0.1, 0.15) is 11.5 Å². The van der Waals surface area contributed by atoms with Crippen molar-refractivity contribution in [2.24, 2.45) is 0 Å². The minimum Gasteiger partial charge on any atom is -0.478 e. The summed E-state index contributed by atoms with van der Waals surface area (Å²) in [6.45, 7) is 0. The maximum absolute atomic E-state index is 14.2. The number of rotatable bonds is 5. The molecule has 0 bridgehead atoms. The van der Waals surface area contributed by atoms with Crippen LogP contribution in [0.4, 0.5) is 4.39 Å². The molecule has 0 saturated heterocycles. The minimum atomic E-state index is -1.04. The summed E-state index contributed by atoms with van der Waals surface area (Å²) in [6.07, 6.45) is 5.70. The standard InChI is InChI=1S/C23H15FN2O3/c24-19-7-2-1-6-17(19)22(29)18-13-26-23-21(18)16(10-11-25-23)15-5-3-4-14(12-15)8-9-20(27)28/h1-13H,(H,25,26)(H,27,28)/b9-8+. The Labute approximate surface area is 165 Å². The predicted molar refractivity (Wildman–Crippen MR) is 108 cm³/mol. The van der Waals surface area contributed by atoms with Crippen LogP contribution in [0.5, 0.6) is 0 Å². The van der Waals surface area contributed by atoms with E-state index in [1.165, 1.54) is 30.5 Å². The maximum Gasteiger partial charge on any atom is 0.328 e. The van der Waals surface area contributed by atoms with Crippen molar-refractivity contribution in [1.82, 2.24) is 9.97 Å². The van der Waals surface area contributed by atoms with Gasteiger partial charge in [-0.15, -0.1) is 0 Å². The number of halogens is 1. The molecule has 0 spiro atoms. The summed E-state index contributed by atoms with van der Waals surface area (Å²) in [6, 6.07) is 14.9. The van der Waals surface area contributed by atoms with Crippen LogP contribution in [-0.2, 0) is 4.79 Å². The van der Waals surface area contributed by atoms with E-state index in [1.54, 1.807) is 30.5 Å². The van der Waals surface area contributed by atoms with Gasteiger partial charge in [-0.1, -0.05) is 30.3 Å². The molecule has 142 valence electrons. The monoisotopic (exact) mass is 386 g/mol. The molecule has 2 aromatic carbocycles. The largest absolute Gasteiger partial charge is 0.478 e. The van der Waals surface area contributed by atoms with Crippen LogP contribution in [0, 0.1) is 5.82 Å². The number of hydrogen-bond donors (Lipinski definition) is 2. The summed E-state index contributed by atoms with van der Waals surface area (Å²) in [5.41, 5.74) is 3.04. The number of hydrogen-bond acceptors (Lipinski definition) is 3. The highest BCUT2D eigenvalue weighted by molar-refractivity contribution is 6.18. The first kappa shape index (κ1) is 18.3. The molecule has 0 atom stereocenters. The Morgan fingerprint density at radius 1 is 1.03 bits per heavy atom. The number of ketones is 1. The molecule has 0 aliphatic rings. The Kier molecular flexibility index (Phi) is 4.75. The molecule has 0 unspecified atom stereocenters. The summed E-state index contributed by atoms with van der Waals surface area (Å²) < 4.78 is 14.2. The second kappa shape index (κ2) is 7.52. The fraction of sp³-hybridized carbons (Fsp3) is 0. The lowest BCUT2D eigenvalue weighted by molar-refractivity contribution is -0.131. The molecule has 0 radical (unpaired) electrons.